The predicted octanol–water partition coefficient (Wildman–Crippen LogP) is 1.99. The quantitative estimate of drug-likeness (QED) is 0.820. The van der Waals surface area contributed by atoms with Crippen LogP contribution in [0.3, 0.4) is 0 Å². The Balaban J connectivity index is 2.01. The molecule has 1 saturated carbocycles. The Bertz CT molecular complexity index is 800. The van der Waals surface area contributed by atoms with Gasteiger partial charge in [-0.1, -0.05) is 17.7 Å². The molecule has 0 amide bonds. The maximum absolute atomic E-state index is 13.0. The third-order valence-electron chi connectivity index (χ3n) is 4.12. The van der Waals surface area contributed by atoms with Crippen LogP contribution in [0.4, 0.5) is 0 Å². The highest BCUT2D eigenvalue weighted by Gasteiger charge is 2.46. The lowest BCUT2D eigenvalue weighted by Crippen LogP contribution is -2.42. The molecular formula is C14H18ClNO4S2. The molecular weight excluding hydrogens is 346 g/mol. The van der Waals surface area contributed by atoms with Crippen LogP contribution in [0.15, 0.2) is 23.1 Å². The predicted molar refractivity (Wildman–Crippen MR) is 85.3 cm³/mol. The molecule has 5 nitrogen and oxygen atoms in total. The standard InChI is InChI=1S/C14H18ClNO4S2/c1-10-2-5-14(13(15)8-10)22(19,20)16(11-3-4-11)12-6-7-21(17,18)9-12/h2,5,8,11-12H,3-4,6-7,9H2,1H3. The molecule has 2 aliphatic rings. The molecule has 0 aromatic heterocycles. The Kier molecular flexibility index (Phi) is 4.04. The van der Waals surface area contributed by atoms with Crippen LogP contribution in [0.1, 0.15) is 24.8 Å². The largest absolute Gasteiger partial charge is 0.245 e. The topological polar surface area (TPSA) is 71.5 Å². The highest BCUT2D eigenvalue weighted by Crippen LogP contribution is 2.38. The second-order valence-corrected chi connectivity index (χ2v) is 10.5. The maximum atomic E-state index is 13.0. The Hall–Kier alpha value is -0.630. The molecule has 22 heavy (non-hydrogen) atoms. The molecule has 0 radical (unpaired) electrons. The van der Waals surface area contributed by atoms with E-state index in [9.17, 15) is 16.8 Å². The molecule has 1 aromatic rings. The third-order valence-corrected chi connectivity index (χ3v) is 8.36. The number of sulfone groups is 1. The zero-order valence-corrected chi connectivity index (χ0v) is 14.6. The summed E-state index contributed by atoms with van der Waals surface area (Å²) in [5.74, 6) is -0.0375. The van der Waals surface area contributed by atoms with E-state index in [4.69, 9.17) is 11.6 Å². The van der Waals surface area contributed by atoms with Crippen LogP contribution < -0.4 is 0 Å². The molecule has 0 bridgehead atoms. The van der Waals surface area contributed by atoms with Crippen molar-refractivity contribution in [1.29, 1.82) is 0 Å². The van der Waals surface area contributed by atoms with Gasteiger partial charge in [-0.05, 0) is 43.9 Å². The van der Waals surface area contributed by atoms with Gasteiger partial charge in [0.05, 0.1) is 16.5 Å². The van der Waals surface area contributed by atoms with Crippen LogP contribution in [-0.4, -0.2) is 44.7 Å². The first-order chi connectivity index (χ1) is 10.2. The van der Waals surface area contributed by atoms with Gasteiger partial charge in [0, 0.05) is 12.1 Å². The summed E-state index contributed by atoms with van der Waals surface area (Å²) in [7, 11) is -6.93. The van der Waals surface area contributed by atoms with Gasteiger partial charge in [-0.3, -0.25) is 0 Å². The highest BCUT2D eigenvalue weighted by molar-refractivity contribution is 7.92. The Morgan fingerprint density at radius 2 is 1.86 bits per heavy atom. The summed E-state index contributed by atoms with van der Waals surface area (Å²) in [5, 5.41) is 0.187. The summed E-state index contributed by atoms with van der Waals surface area (Å²) in [6.45, 7) is 1.84. The van der Waals surface area contributed by atoms with Crippen molar-refractivity contribution < 1.29 is 16.8 Å². The normalized spacial score (nSPS) is 24.8. The minimum absolute atomic E-state index is 0.0536. The van der Waals surface area contributed by atoms with Crippen molar-refractivity contribution >= 4 is 31.5 Å². The number of rotatable bonds is 4. The maximum Gasteiger partial charge on any atom is 0.245 e. The van der Waals surface area contributed by atoms with Crippen molar-refractivity contribution in [2.24, 2.45) is 0 Å². The van der Waals surface area contributed by atoms with Gasteiger partial charge in [0.25, 0.3) is 0 Å². The molecule has 2 fully saturated rings. The van der Waals surface area contributed by atoms with Crippen molar-refractivity contribution in [1.82, 2.24) is 4.31 Å². The fraction of sp³-hybridized carbons (Fsp3) is 0.571. The summed E-state index contributed by atoms with van der Waals surface area (Å²) in [5.41, 5.74) is 0.880. The lowest BCUT2D eigenvalue weighted by Gasteiger charge is -2.27. The van der Waals surface area contributed by atoms with Crippen LogP contribution in [0.2, 0.25) is 5.02 Å². The molecule has 122 valence electrons. The minimum Gasteiger partial charge on any atom is -0.229 e. The van der Waals surface area contributed by atoms with E-state index in [1.807, 2.05) is 6.92 Å². The van der Waals surface area contributed by atoms with Gasteiger partial charge in [-0.15, -0.1) is 0 Å². The molecule has 3 rings (SSSR count). The number of sulfonamides is 1. The van der Waals surface area contributed by atoms with Crippen molar-refractivity contribution in [3.05, 3.63) is 28.8 Å². The first-order valence-corrected chi connectivity index (χ1v) is 10.8. The minimum atomic E-state index is -3.78. The van der Waals surface area contributed by atoms with E-state index in [0.29, 0.717) is 6.42 Å². The average molecular weight is 364 g/mol. The van der Waals surface area contributed by atoms with Gasteiger partial charge in [0.15, 0.2) is 9.84 Å². The van der Waals surface area contributed by atoms with Crippen LogP contribution in [0, 0.1) is 6.92 Å². The number of nitrogens with zero attached hydrogens (tertiary/aromatic N) is 1. The fourth-order valence-electron chi connectivity index (χ4n) is 2.92. The fourth-order valence-corrected chi connectivity index (χ4v) is 7.21. The Morgan fingerprint density at radius 3 is 2.36 bits per heavy atom. The SMILES string of the molecule is Cc1ccc(S(=O)(=O)N(C2CC2)C2CCS(=O)(=O)C2)c(Cl)c1. The third kappa shape index (κ3) is 3.04. The van der Waals surface area contributed by atoms with Crippen LogP contribution in [0.5, 0.6) is 0 Å². The molecule has 0 spiro atoms. The molecule has 1 unspecified atom stereocenters. The van der Waals surface area contributed by atoms with Gasteiger partial charge in [-0.2, -0.15) is 4.31 Å². The molecule has 8 heteroatoms. The van der Waals surface area contributed by atoms with Gasteiger partial charge < -0.3 is 0 Å². The van der Waals surface area contributed by atoms with E-state index < -0.39 is 25.9 Å². The lowest BCUT2D eigenvalue weighted by atomic mass is 10.2. The Morgan fingerprint density at radius 1 is 1.18 bits per heavy atom. The zero-order chi connectivity index (χ0) is 16.1. The Labute approximate surface area is 136 Å². The number of hydrogen-bond donors (Lipinski definition) is 0. The summed E-state index contributed by atoms with van der Waals surface area (Å²) in [6, 6.07) is 4.26. The van der Waals surface area contributed by atoms with E-state index in [2.05, 4.69) is 0 Å². The van der Waals surface area contributed by atoms with E-state index in [1.54, 1.807) is 12.1 Å². The highest BCUT2D eigenvalue weighted by atomic mass is 35.5. The van der Waals surface area contributed by atoms with E-state index in [-0.39, 0.29) is 27.5 Å². The van der Waals surface area contributed by atoms with Crippen molar-refractivity contribution in [2.45, 2.75) is 43.2 Å². The van der Waals surface area contributed by atoms with Crippen molar-refractivity contribution in [3.63, 3.8) is 0 Å². The second kappa shape index (κ2) is 5.47. The van der Waals surface area contributed by atoms with Crippen LogP contribution in [-0.2, 0) is 19.9 Å². The average Bonchev–Trinajstić information content (AvgIpc) is 3.13. The molecule has 0 N–H and O–H groups in total. The van der Waals surface area contributed by atoms with Gasteiger partial charge in [-0.25, -0.2) is 16.8 Å². The number of hydrogen-bond acceptors (Lipinski definition) is 4. The lowest BCUT2D eigenvalue weighted by molar-refractivity contribution is 0.332. The first kappa shape index (κ1) is 16.2. The van der Waals surface area contributed by atoms with Crippen molar-refractivity contribution in [3.8, 4) is 0 Å². The molecule has 1 heterocycles. The monoisotopic (exact) mass is 363 g/mol. The number of benzene rings is 1. The smallest absolute Gasteiger partial charge is 0.229 e. The summed E-state index contributed by atoms with van der Waals surface area (Å²) >= 11 is 6.12. The van der Waals surface area contributed by atoms with Crippen molar-refractivity contribution in [2.75, 3.05) is 11.5 Å². The number of halogens is 1. The summed E-state index contributed by atoms with van der Waals surface area (Å²) in [4.78, 5) is 0.0657. The summed E-state index contributed by atoms with van der Waals surface area (Å²) < 4.78 is 50.8. The van der Waals surface area contributed by atoms with Crippen LogP contribution in [0.25, 0.3) is 0 Å². The molecule has 1 atom stereocenters. The molecule has 1 saturated heterocycles. The zero-order valence-electron chi connectivity index (χ0n) is 12.2. The second-order valence-electron chi connectivity index (χ2n) is 6.06. The van der Waals surface area contributed by atoms with E-state index in [1.165, 1.54) is 10.4 Å². The number of aryl methyl sites for hydroxylation is 1. The summed E-state index contributed by atoms with van der Waals surface area (Å²) in [6.07, 6.45) is 1.92. The van der Waals surface area contributed by atoms with Gasteiger partial charge in [0.2, 0.25) is 10.0 Å². The first-order valence-electron chi connectivity index (χ1n) is 7.21. The van der Waals surface area contributed by atoms with E-state index >= 15 is 0 Å². The van der Waals surface area contributed by atoms with E-state index in [0.717, 1.165) is 18.4 Å². The van der Waals surface area contributed by atoms with Crippen LogP contribution >= 0.6 is 11.6 Å². The molecule has 1 aromatic carbocycles. The van der Waals surface area contributed by atoms with Gasteiger partial charge in [0.1, 0.15) is 4.90 Å². The molecule has 1 aliphatic heterocycles. The van der Waals surface area contributed by atoms with Gasteiger partial charge >= 0.3 is 0 Å². The molecule has 1 aliphatic carbocycles.